The molecule has 0 bridgehead atoms. The zero-order valence-electron chi connectivity index (χ0n) is 17.7. The van der Waals surface area contributed by atoms with Crippen LogP contribution in [0.25, 0.3) is 0 Å². The normalized spacial score (nSPS) is 15.1. The summed E-state index contributed by atoms with van der Waals surface area (Å²) in [6.45, 7) is 6.18. The highest BCUT2D eigenvalue weighted by Gasteiger charge is 2.31. The standard InChI is InChI=1S/C23H29N3O4/c1-16(2)21(24-22(28)17-8-10-18(30-3)11-9-17)23(29)26-14-12-25(13-15-26)19-6-4-5-7-20(19)27/h4-11,16,21,27H,12-15H2,1-3H3,(H,24,28)/t21-/m1/s1. The molecule has 7 nitrogen and oxygen atoms in total. The van der Waals surface area contributed by atoms with E-state index in [1.54, 1.807) is 48.4 Å². The summed E-state index contributed by atoms with van der Waals surface area (Å²) in [4.78, 5) is 29.7. The molecule has 0 unspecified atom stereocenters. The average molecular weight is 412 g/mol. The number of phenols is 1. The molecule has 0 spiro atoms. The molecular weight excluding hydrogens is 382 g/mol. The van der Waals surface area contributed by atoms with Crippen molar-refractivity contribution in [3.8, 4) is 11.5 Å². The molecule has 0 radical (unpaired) electrons. The fourth-order valence-corrected chi connectivity index (χ4v) is 3.58. The van der Waals surface area contributed by atoms with E-state index in [1.165, 1.54) is 0 Å². The summed E-state index contributed by atoms with van der Waals surface area (Å²) >= 11 is 0. The highest BCUT2D eigenvalue weighted by Crippen LogP contribution is 2.27. The van der Waals surface area contributed by atoms with E-state index in [4.69, 9.17) is 4.74 Å². The van der Waals surface area contributed by atoms with Crippen molar-refractivity contribution in [2.24, 2.45) is 5.92 Å². The van der Waals surface area contributed by atoms with Crippen LogP contribution in [0.15, 0.2) is 48.5 Å². The van der Waals surface area contributed by atoms with Crippen LogP contribution in [0.1, 0.15) is 24.2 Å². The van der Waals surface area contributed by atoms with Crippen LogP contribution in [0.5, 0.6) is 11.5 Å². The molecule has 0 saturated carbocycles. The first-order valence-corrected chi connectivity index (χ1v) is 10.2. The van der Waals surface area contributed by atoms with E-state index in [-0.39, 0.29) is 23.5 Å². The minimum atomic E-state index is -0.601. The number of phenolic OH excluding ortho intramolecular Hbond substituents is 1. The second-order valence-electron chi connectivity index (χ2n) is 7.72. The number of anilines is 1. The molecular formula is C23H29N3O4. The van der Waals surface area contributed by atoms with Crippen LogP contribution in [0.3, 0.4) is 0 Å². The molecule has 7 heteroatoms. The zero-order valence-corrected chi connectivity index (χ0v) is 17.7. The van der Waals surface area contributed by atoms with E-state index in [2.05, 4.69) is 10.2 Å². The third-order valence-electron chi connectivity index (χ3n) is 5.39. The molecule has 1 fully saturated rings. The summed E-state index contributed by atoms with van der Waals surface area (Å²) < 4.78 is 5.12. The molecule has 1 atom stereocenters. The number of carbonyl (C=O) groups is 2. The van der Waals surface area contributed by atoms with Crippen LogP contribution < -0.4 is 15.0 Å². The number of methoxy groups -OCH3 is 1. The van der Waals surface area contributed by atoms with Crippen molar-refractivity contribution in [3.63, 3.8) is 0 Å². The minimum absolute atomic E-state index is 0.0455. The number of amides is 2. The average Bonchev–Trinajstić information content (AvgIpc) is 2.77. The predicted molar refractivity (Wildman–Crippen MR) is 116 cm³/mol. The Kier molecular flexibility index (Phi) is 6.82. The Morgan fingerprint density at radius 2 is 1.63 bits per heavy atom. The summed E-state index contributed by atoms with van der Waals surface area (Å²) in [6, 6.07) is 13.4. The Morgan fingerprint density at radius 1 is 1.00 bits per heavy atom. The van der Waals surface area contributed by atoms with E-state index in [0.717, 1.165) is 5.69 Å². The molecule has 1 heterocycles. The van der Waals surface area contributed by atoms with Crippen LogP contribution in [0, 0.1) is 5.92 Å². The fourth-order valence-electron chi connectivity index (χ4n) is 3.58. The number of piperazine rings is 1. The topological polar surface area (TPSA) is 82.1 Å². The summed E-state index contributed by atoms with van der Waals surface area (Å²) in [5.41, 5.74) is 1.26. The van der Waals surface area contributed by atoms with Gasteiger partial charge < -0.3 is 25.0 Å². The maximum absolute atomic E-state index is 13.1. The van der Waals surface area contributed by atoms with Gasteiger partial charge in [-0.25, -0.2) is 0 Å². The number of hydrogen-bond donors (Lipinski definition) is 2. The van der Waals surface area contributed by atoms with Crippen molar-refractivity contribution in [2.45, 2.75) is 19.9 Å². The zero-order chi connectivity index (χ0) is 21.7. The first kappa shape index (κ1) is 21.5. The molecule has 0 aromatic heterocycles. The molecule has 2 amide bonds. The Labute approximate surface area is 177 Å². The highest BCUT2D eigenvalue weighted by molar-refractivity contribution is 5.97. The van der Waals surface area contributed by atoms with Gasteiger partial charge in [-0.15, -0.1) is 0 Å². The predicted octanol–water partition coefficient (Wildman–Crippen LogP) is 2.50. The maximum Gasteiger partial charge on any atom is 0.251 e. The van der Waals surface area contributed by atoms with Gasteiger partial charge in [-0.1, -0.05) is 26.0 Å². The van der Waals surface area contributed by atoms with Crippen LogP contribution >= 0.6 is 0 Å². The molecule has 2 N–H and O–H groups in total. The first-order valence-electron chi connectivity index (χ1n) is 10.2. The van der Waals surface area contributed by atoms with Crippen molar-refractivity contribution in [3.05, 3.63) is 54.1 Å². The van der Waals surface area contributed by atoms with Crippen LogP contribution in [0.4, 0.5) is 5.69 Å². The van der Waals surface area contributed by atoms with Crippen molar-refractivity contribution < 1.29 is 19.4 Å². The minimum Gasteiger partial charge on any atom is -0.506 e. The van der Waals surface area contributed by atoms with Gasteiger partial charge in [0.25, 0.3) is 5.91 Å². The van der Waals surface area contributed by atoms with E-state index in [1.807, 2.05) is 26.0 Å². The van der Waals surface area contributed by atoms with E-state index < -0.39 is 6.04 Å². The largest absolute Gasteiger partial charge is 0.506 e. The number of nitrogens with one attached hydrogen (secondary N) is 1. The van der Waals surface area contributed by atoms with Gasteiger partial charge in [0, 0.05) is 31.7 Å². The molecule has 1 aliphatic heterocycles. The van der Waals surface area contributed by atoms with Gasteiger partial charge >= 0.3 is 0 Å². The molecule has 3 rings (SSSR count). The Balaban J connectivity index is 1.63. The number of para-hydroxylation sites is 2. The summed E-state index contributed by atoms with van der Waals surface area (Å²) in [5, 5.41) is 13.0. The number of hydrogen-bond acceptors (Lipinski definition) is 5. The molecule has 30 heavy (non-hydrogen) atoms. The lowest BCUT2D eigenvalue weighted by Gasteiger charge is -2.38. The number of rotatable bonds is 6. The monoisotopic (exact) mass is 411 g/mol. The fraction of sp³-hybridized carbons (Fsp3) is 0.391. The second kappa shape index (κ2) is 9.52. The lowest BCUT2D eigenvalue weighted by atomic mass is 10.0. The smallest absolute Gasteiger partial charge is 0.251 e. The number of benzene rings is 2. The Hall–Kier alpha value is -3.22. The van der Waals surface area contributed by atoms with Gasteiger partial charge in [0.1, 0.15) is 17.5 Å². The van der Waals surface area contributed by atoms with Crippen LogP contribution in [-0.2, 0) is 4.79 Å². The van der Waals surface area contributed by atoms with E-state index in [0.29, 0.717) is 37.5 Å². The second-order valence-corrected chi connectivity index (χ2v) is 7.72. The van der Waals surface area contributed by atoms with Crippen molar-refractivity contribution >= 4 is 17.5 Å². The van der Waals surface area contributed by atoms with Crippen molar-refractivity contribution in [1.29, 1.82) is 0 Å². The van der Waals surface area contributed by atoms with Crippen LogP contribution in [-0.4, -0.2) is 61.2 Å². The molecule has 2 aromatic rings. The Morgan fingerprint density at radius 3 is 2.20 bits per heavy atom. The van der Waals surface area contributed by atoms with E-state index >= 15 is 0 Å². The lowest BCUT2D eigenvalue weighted by molar-refractivity contribution is -0.134. The number of carbonyl (C=O) groups excluding carboxylic acids is 2. The number of nitrogens with zero attached hydrogens (tertiary/aromatic N) is 2. The number of ether oxygens (including phenoxy) is 1. The summed E-state index contributed by atoms with van der Waals surface area (Å²) in [7, 11) is 1.57. The van der Waals surface area contributed by atoms with Gasteiger partial charge in [0.15, 0.2) is 0 Å². The van der Waals surface area contributed by atoms with Gasteiger partial charge in [-0.2, -0.15) is 0 Å². The van der Waals surface area contributed by atoms with Crippen LogP contribution in [0.2, 0.25) is 0 Å². The summed E-state index contributed by atoms with van der Waals surface area (Å²) in [6.07, 6.45) is 0. The quantitative estimate of drug-likeness (QED) is 0.763. The van der Waals surface area contributed by atoms with Gasteiger partial charge in [0.2, 0.25) is 5.91 Å². The Bertz CT molecular complexity index is 874. The molecule has 1 saturated heterocycles. The van der Waals surface area contributed by atoms with E-state index in [9.17, 15) is 14.7 Å². The van der Waals surface area contributed by atoms with Gasteiger partial charge in [-0.05, 0) is 42.3 Å². The van der Waals surface area contributed by atoms with Crippen molar-refractivity contribution in [1.82, 2.24) is 10.2 Å². The van der Waals surface area contributed by atoms with Gasteiger partial charge in [0.05, 0.1) is 12.8 Å². The molecule has 160 valence electrons. The summed E-state index contributed by atoms with van der Waals surface area (Å²) in [5.74, 6) is 0.506. The first-order chi connectivity index (χ1) is 14.4. The third-order valence-corrected chi connectivity index (χ3v) is 5.39. The third kappa shape index (κ3) is 4.84. The SMILES string of the molecule is COc1ccc(C(=O)N[C@@H](C(=O)N2CCN(c3ccccc3O)CC2)C(C)C)cc1. The molecule has 1 aliphatic rings. The molecule has 0 aliphatic carbocycles. The van der Waals surface area contributed by atoms with Crippen molar-refractivity contribution in [2.75, 3.05) is 38.2 Å². The van der Waals surface area contributed by atoms with Gasteiger partial charge in [-0.3, -0.25) is 9.59 Å². The number of aromatic hydroxyl groups is 1. The maximum atomic E-state index is 13.1. The molecule has 2 aromatic carbocycles. The lowest BCUT2D eigenvalue weighted by Crippen LogP contribution is -2.56. The highest BCUT2D eigenvalue weighted by atomic mass is 16.5.